The number of nitrogens with zero attached hydrogens (tertiary/aromatic N) is 1. The van der Waals surface area contributed by atoms with Crippen LogP contribution in [0.25, 0.3) is 6.08 Å². The predicted octanol–water partition coefficient (Wildman–Crippen LogP) is 4.52. The Labute approximate surface area is 172 Å². The molecular formula is C21H17Cl2NO4. The summed E-state index contributed by atoms with van der Waals surface area (Å²) in [5, 5.41) is 19.4. The molecule has 0 radical (unpaired) electrons. The number of carbonyl (C=O) groups excluding carboxylic acids is 1. The van der Waals surface area contributed by atoms with Gasteiger partial charge in [0.2, 0.25) is 0 Å². The highest BCUT2D eigenvalue weighted by Crippen LogP contribution is 2.33. The summed E-state index contributed by atoms with van der Waals surface area (Å²) in [7, 11) is 0. The minimum absolute atomic E-state index is 0.00495. The van der Waals surface area contributed by atoms with Crippen LogP contribution >= 0.6 is 23.2 Å². The average molecular weight is 418 g/mol. The summed E-state index contributed by atoms with van der Waals surface area (Å²) < 4.78 is 11.1. The Kier molecular flexibility index (Phi) is 6.58. The minimum atomic E-state index is -0.719. The molecule has 1 saturated heterocycles. The lowest BCUT2D eigenvalue weighted by atomic mass is 10.0. The number of hydrogen-bond donors (Lipinski definition) is 1. The molecule has 28 heavy (non-hydrogen) atoms. The Hall–Kier alpha value is -2.52. The molecule has 5 nitrogen and oxygen atoms in total. The van der Waals surface area contributed by atoms with Gasteiger partial charge in [-0.15, -0.1) is 0 Å². The number of nitriles is 1. The summed E-state index contributed by atoms with van der Waals surface area (Å²) in [5.41, 5.74) is 2.05. The number of cyclic esters (lactones) is 1. The van der Waals surface area contributed by atoms with Gasteiger partial charge in [0, 0.05) is 17.0 Å². The van der Waals surface area contributed by atoms with Crippen LogP contribution < -0.4 is 4.74 Å². The first-order valence-electron chi connectivity index (χ1n) is 8.61. The number of carbonyl (C=O) groups is 1. The van der Waals surface area contributed by atoms with E-state index < -0.39 is 18.2 Å². The first-order valence-corrected chi connectivity index (χ1v) is 9.37. The number of ether oxygens (including phenoxy) is 2. The average Bonchev–Trinajstić information content (AvgIpc) is 2.65. The molecule has 1 fully saturated rings. The lowest BCUT2D eigenvalue weighted by Crippen LogP contribution is -2.31. The minimum Gasteiger partial charge on any atom is -0.488 e. The fourth-order valence-electron chi connectivity index (χ4n) is 2.81. The molecule has 3 rings (SSSR count). The molecule has 1 aliphatic rings. The fraction of sp³-hybridized carbons (Fsp3) is 0.238. The van der Waals surface area contributed by atoms with Crippen molar-refractivity contribution in [3.63, 3.8) is 0 Å². The van der Waals surface area contributed by atoms with E-state index in [-0.39, 0.29) is 13.0 Å². The third kappa shape index (κ3) is 5.26. The van der Waals surface area contributed by atoms with E-state index in [0.717, 1.165) is 5.56 Å². The highest BCUT2D eigenvalue weighted by atomic mass is 35.5. The highest BCUT2D eigenvalue weighted by Gasteiger charge is 2.25. The van der Waals surface area contributed by atoms with Crippen LogP contribution in [-0.2, 0) is 16.1 Å². The molecule has 7 heteroatoms. The standard InChI is InChI=1S/C21H17Cl2NO4/c22-15-7-19(23)18(6-5-17-9-16(25)10-21(26)28-17)20(8-15)27-12-14-3-1-13(11-24)2-4-14/h1-8,16-17,25H,9-10,12H2/b6-5+/t16-,17-/m1/s1. The number of esters is 1. The zero-order chi connectivity index (χ0) is 20.1. The molecule has 1 aliphatic heterocycles. The van der Waals surface area contributed by atoms with Gasteiger partial charge in [-0.25, -0.2) is 0 Å². The zero-order valence-corrected chi connectivity index (χ0v) is 16.3. The van der Waals surface area contributed by atoms with Crippen molar-refractivity contribution in [2.75, 3.05) is 0 Å². The number of hydrogen-bond acceptors (Lipinski definition) is 5. The predicted molar refractivity (Wildman–Crippen MR) is 106 cm³/mol. The number of halogens is 2. The quantitative estimate of drug-likeness (QED) is 0.723. The van der Waals surface area contributed by atoms with E-state index in [1.807, 2.05) is 12.1 Å². The van der Waals surface area contributed by atoms with E-state index in [1.165, 1.54) is 0 Å². The Morgan fingerprint density at radius 2 is 2.04 bits per heavy atom. The monoisotopic (exact) mass is 417 g/mol. The van der Waals surface area contributed by atoms with Gasteiger partial charge in [-0.2, -0.15) is 5.26 Å². The SMILES string of the molecule is N#Cc1ccc(COc2cc(Cl)cc(Cl)c2/C=C/[C@@H]2C[C@@H](O)CC(=O)O2)cc1. The van der Waals surface area contributed by atoms with Gasteiger partial charge < -0.3 is 14.6 Å². The second-order valence-corrected chi connectivity index (χ2v) is 7.22. The van der Waals surface area contributed by atoms with Crippen molar-refractivity contribution in [3.05, 3.63) is 69.2 Å². The smallest absolute Gasteiger partial charge is 0.309 e. The van der Waals surface area contributed by atoms with Gasteiger partial charge in [-0.1, -0.05) is 41.4 Å². The molecule has 0 aliphatic carbocycles. The summed E-state index contributed by atoms with van der Waals surface area (Å²) in [6, 6.07) is 12.4. The van der Waals surface area contributed by atoms with Crippen molar-refractivity contribution in [1.82, 2.24) is 0 Å². The molecule has 0 unspecified atom stereocenters. The summed E-state index contributed by atoms with van der Waals surface area (Å²) in [6.07, 6.45) is 2.45. The van der Waals surface area contributed by atoms with E-state index in [2.05, 4.69) is 6.07 Å². The molecule has 2 atom stereocenters. The number of aliphatic hydroxyl groups excluding tert-OH is 1. The van der Waals surface area contributed by atoms with Crippen LogP contribution in [0.15, 0.2) is 42.5 Å². The Morgan fingerprint density at radius 3 is 2.71 bits per heavy atom. The van der Waals surface area contributed by atoms with Crippen LogP contribution in [0.2, 0.25) is 10.0 Å². The van der Waals surface area contributed by atoms with Crippen LogP contribution in [0.3, 0.4) is 0 Å². The van der Waals surface area contributed by atoms with Gasteiger partial charge in [0.15, 0.2) is 0 Å². The molecule has 0 amide bonds. The van der Waals surface area contributed by atoms with Crippen LogP contribution in [0.1, 0.15) is 29.5 Å². The molecule has 0 spiro atoms. The maximum Gasteiger partial charge on any atom is 0.309 e. The van der Waals surface area contributed by atoms with Crippen molar-refractivity contribution in [1.29, 1.82) is 5.26 Å². The molecule has 2 aromatic carbocycles. The topological polar surface area (TPSA) is 79.5 Å². The maximum absolute atomic E-state index is 11.5. The third-order valence-corrected chi connectivity index (χ3v) is 4.73. The third-order valence-electron chi connectivity index (χ3n) is 4.20. The van der Waals surface area contributed by atoms with Gasteiger partial charge >= 0.3 is 5.97 Å². The van der Waals surface area contributed by atoms with Gasteiger partial charge in [0.05, 0.1) is 29.2 Å². The van der Waals surface area contributed by atoms with E-state index in [9.17, 15) is 9.90 Å². The van der Waals surface area contributed by atoms with Crippen molar-refractivity contribution < 1.29 is 19.4 Å². The Bertz CT molecular complexity index is 935. The van der Waals surface area contributed by atoms with Crippen molar-refractivity contribution in [3.8, 4) is 11.8 Å². The molecule has 1 N–H and O–H groups in total. The molecule has 0 bridgehead atoms. The molecule has 0 saturated carbocycles. The molecule has 0 aromatic heterocycles. The van der Waals surface area contributed by atoms with E-state index in [1.54, 1.807) is 36.4 Å². The van der Waals surface area contributed by atoms with E-state index >= 15 is 0 Å². The van der Waals surface area contributed by atoms with Crippen LogP contribution in [0.5, 0.6) is 5.75 Å². The first-order chi connectivity index (χ1) is 13.4. The van der Waals surface area contributed by atoms with Crippen molar-refractivity contribution in [2.45, 2.75) is 31.7 Å². The molecule has 1 heterocycles. The van der Waals surface area contributed by atoms with Crippen LogP contribution in [-0.4, -0.2) is 23.3 Å². The maximum atomic E-state index is 11.5. The summed E-state index contributed by atoms with van der Waals surface area (Å²) in [4.78, 5) is 11.5. The molecular weight excluding hydrogens is 401 g/mol. The largest absolute Gasteiger partial charge is 0.488 e. The zero-order valence-electron chi connectivity index (χ0n) is 14.8. The van der Waals surface area contributed by atoms with Crippen molar-refractivity contribution >= 4 is 35.2 Å². The van der Waals surface area contributed by atoms with Crippen LogP contribution in [0, 0.1) is 11.3 Å². The second kappa shape index (κ2) is 9.11. The van der Waals surface area contributed by atoms with E-state index in [4.69, 9.17) is 37.9 Å². The Balaban J connectivity index is 1.78. The molecule has 144 valence electrons. The van der Waals surface area contributed by atoms with Gasteiger partial charge in [0.25, 0.3) is 0 Å². The fourth-order valence-corrected chi connectivity index (χ4v) is 3.35. The Morgan fingerprint density at radius 1 is 1.29 bits per heavy atom. The first kappa shape index (κ1) is 20.2. The summed E-state index contributed by atoms with van der Waals surface area (Å²) in [6.45, 7) is 0.264. The highest BCUT2D eigenvalue weighted by molar-refractivity contribution is 6.35. The van der Waals surface area contributed by atoms with Gasteiger partial charge in [0.1, 0.15) is 18.5 Å². The second-order valence-electron chi connectivity index (χ2n) is 6.38. The lowest BCUT2D eigenvalue weighted by molar-refractivity contribution is -0.156. The van der Waals surface area contributed by atoms with E-state index in [0.29, 0.717) is 33.3 Å². The van der Waals surface area contributed by atoms with Crippen molar-refractivity contribution in [2.24, 2.45) is 0 Å². The number of rotatable bonds is 5. The number of benzene rings is 2. The van der Waals surface area contributed by atoms with Gasteiger partial charge in [-0.05, 0) is 35.9 Å². The van der Waals surface area contributed by atoms with Crippen LogP contribution in [0.4, 0.5) is 0 Å². The van der Waals surface area contributed by atoms with Gasteiger partial charge in [-0.3, -0.25) is 4.79 Å². The molecule has 2 aromatic rings. The normalized spacial score (nSPS) is 19.3. The summed E-state index contributed by atoms with van der Waals surface area (Å²) in [5.74, 6) is 0.0358. The summed E-state index contributed by atoms with van der Waals surface area (Å²) >= 11 is 12.4. The lowest BCUT2D eigenvalue weighted by Gasteiger charge is -2.23. The number of aliphatic hydroxyl groups is 1.